The maximum atomic E-state index is 11.5. The molecule has 118 valence electrons. The number of benzene rings is 1. The number of rotatable bonds is 5. The molecule has 0 aliphatic carbocycles. The van der Waals surface area contributed by atoms with Crippen LogP contribution in [0.15, 0.2) is 29.2 Å². The predicted molar refractivity (Wildman–Crippen MR) is 84.6 cm³/mol. The van der Waals surface area contributed by atoms with Crippen molar-refractivity contribution in [3.63, 3.8) is 0 Å². The second-order valence-corrected chi connectivity index (χ2v) is 7.77. The zero-order chi connectivity index (χ0) is 15.5. The summed E-state index contributed by atoms with van der Waals surface area (Å²) < 4.78 is 28.6. The van der Waals surface area contributed by atoms with Gasteiger partial charge in [0.05, 0.1) is 24.2 Å². The first-order chi connectivity index (χ1) is 9.88. The van der Waals surface area contributed by atoms with Gasteiger partial charge in [-0.15, -0.1) is 0 Å². The number of sulfone groups is 1. The molecular weight excluding hydrogens is 288 g/mol. The molecular formula is C15H24N2O3S. The molecule has 1 unspecified atom stereocenters. The molecule has 1 fully saturated rings. The van der Waals surface area contributed by atoms with Gasteiger partial charge < -0.3 is 15.0 Å². The van der Waals surface area contributed by atoms with Gasteiger partial charge >= 0.3 is 0 Å². The maximum Gasteiger partial charge on any atom is 0.175 e. The van der Waals surface area contributed by atoms with E-state index >= 15 is 0 Å². The van der Waals surface area contributed by atoms with Gasteiger partial charge in [-0.05, 0) is 24.3 Å². The van der Waals surface area contributed by atoms with Gasteiger partial charge in [0.15, 0.2) is 9.84 Å². The Morgan fingerprint density at radius 3 is 2.57 bits per heavy atom. The Hall–Kier alpha value is -1.11. The van der Waals surface area contributed by atoms with Crippen LogP contribution in [0.2, 0.25) is 0 Å². The third-order valence-corrected chi connectivity index (χ3v) is 4.71. The van der Waals surface area contributed by atoms with Crippen LogP contribution in [0, 0.1) is 0 Å². The number of ether oxygens (including phenoxy) is 1. The van der Waals surface area contributed by atoms with Crippen LogP contribution in [0.4, 0.5) is 5.69 Å². The maximum absolute atomic E-state index is 11.5. The van der Waals surface area contributed by atoms with Gasteiger partial charge in [-0.3, -0.25) is 0 Å². The van der Waals surface area contributed by atoms with E-state index in [4.69, 9.17) is 4.74 Å². The lowest BCUT2D eigenvalue weighted by Crippen LogP contribution is -2.51. The second kappa shape index (κ2) is 6.77. The highest BCUT2D eigenvalue weighted by Crippen LogP contribution is 2.21. The van der Waals surface area contributed by atoms with Crippen LogP contribution in [0.3, 0.4) is 0 Å². The van der Waals surface area contributed by atoms with Gasteiger partial charge in [0.2, 0.25) is 0 Å². The molecule has 1 heterocycles. The van der Waals surface area contributed by atoms with Crippen molar-refractivity contribution in [1.82, 2.24) is 5.32 Å². The van der Waals surface area contributed by atoms with Crippen LogP contribution >= 0.6 is 0 Å². The van der Waals surface area contributed by atoms with Gasteiger partial charge in [0.1, 0.15) is 0 Å². The molecule has 1 aliphatic rings. The smallest absolute Gasteiger partial charge is 0.175 e. The van der Waals surface area contributed by atoms with Crippen molar-refractivity contribution in [3.05, 3.63) is 24.3 Å². The number of hydrogen-bond acceptors (Lipinski definition) is 5. The third kappa shape index (κ3) is 4.43. The minimum atomic E-state index is -3.14. The first-order valence-electron chi connectivity index (χ1n) is 7.26. The van der Waals surface area contributed by atoms with Gasteiger partial charge in [0, 0.05) is 31.1 Å². The fourth-order valence-corrected chi connectivity index (χ4v) is 3.05. The fraction of sp³-hybridized carbons (Fsp3) is 0.600. The standard InChI is InChI=1S/C15H24N2O3S/c1-12(2)16-10-14-11-20-9-8-17(14)13-4-6-15(7-5-13)21(3,18)19/h4-7,12,14,16H,8-11H2,1-3H3. The predicted octanol–water partition coefficient (Wildman–Crippen LogP) is 1.29. The summed E-state index contributed by atoms with van der Waals surface area (Å²) in [6.07, 6.45) is 1.23. The Balaban J connectivity index is 2.13. The van der Waals surface area contributed by atoms with Crippen LogP contribution in [-0.2, 0) is 14.6 Å². The second-order valence-electron chi connectivity index (χ2n) is 5.75. The summed E-state index contributed by atoms with van der Waals surface area (Å²) in [5.74, 6) is 0. The van der Waals surface area contributed by atoms with E-state index < -0.39 is 9.84 Å². The van der Waals surface area contributed by atoms with E-state index in [0.717, 1.165) is 18.8 Å². The van der Waals surface area contributed by atoms with Crippen molar-refractivity contribution in [2.24, 2.45) is 0 Å². The molecule has 6 heteroatoms. The van der Waals surface area contributed by atoms with Gasteiger partial charge in [-0.1, -0.05) is 13.8 Å². The first kappa shape index (κ1) is 16.3. The minimum absolute atomic E-state index is 0.269. The summed E-state index contributed by atoms with van der Waals surface area (Å²) >= 11 is 0. The molecule has 1 aliphatic heterocycles. The van der Waals surface area contributed by atoms with Gasteiger partial charge in [-0.2, -0.15) is 0 Å². The average Bonchev–Trinajstić information content (AvgIpc) is 2.44. The Kier molecular flexibility index (Phi) is 5.24. The molecule has 0 aromatic heterocycles. The highest BCUT2D eigenvalue weighted by Gasteiger charge is 2.23. The summed E-state index contributed by atoms with van der Waals surface area (Å²) in [4.78, 5) is 2.64. The zero-order valence-corrected chi connectivity index (χ0v) is 13.7. The van der Waals surface area contributed by atoms with E-state index in [1.54, 1.807) is 12.1 Å². The molecule has 1 aromatic carbocycles. The van der Waals surface area contributed by atoms with Crippen LogP contribution < -0.4 is 10.2 Å². The molecule has 0 spiro atoms. The SMILES string of the molecule is CC(C)NCC1COCCN1c1ccc(S(C)(=O)=O)cc1. The lowest BCUT2D eigenvalue weighted by Gasteiger charge is -2.38. The molecule has 1 N–H and O–H groups in total. The van der Waals surface area contributed by atoms with Crippen LogP contribution in [-0.4, -0.2) is 53.1 Å². The van der Waals surface area contributed by atoms with E-state index in [2.05, 4.69) is 24.1 Å². The molecule has 0 amide bonds. The van der Waals surface area contributed by atoms with Gasteiger partial charge in [0.25, 0.3) is 0 Å². The average molecular weight is 312 g/mol. The van der Waals surface area contributed by atoms with E-state index in [0.29, 0.717) is 24.2 Å². The van der Waals surface area contributed by atoms with Crippen LogP contribution in [0.1, 0.15) is 13.8 Å². The number of morpholine rings is 1. The van der Waals surface area contributed by atoms with Crippen LogP contribution in [0.25, 0.3) is 0 Å². The van der Waals surface area contributed by atoms with E-state index in [1.165, 1.54) is 6.26 Å². The van der Waals surface area contributed by atoms with E-state index in [1.807, 2.05) is 12.1 Å². The fourth-order valence-electron chi connectivity index (χ4n) is 2.42. The molecule has 0 saturated carbocycles. The largest absolute Gasteiger partial charge is 0.377 e. The van der Waals surface area contributed by atoms with Crippen molar-refractivity contribution < 1.29 is 13.2 Å². The normalized spacial score (nSPS) is 20.0. The van der Waals surface area contributed by atoms with Crippen molar-refractivity contribution in [3.8, 4) is 0 Å². The van der Waals surface area contributed by atoms with Gasteiger partial charge in [-0.25, -0.2) is 8.42 Å². The molecule has 1 atom stereocenters. The summed E-state index contributed by atoms with van der Waals surface area (Å²) in [6, 6.07) is 7.81. The van der Waals surface area contributed by atoms with E-state index in [9.17, 15) is 8.42 Å². The molecule has 2 rings (SSSR count). The van der Waals surface area contributed by atoms with Crippen molar-refractivity contribution in [1.29, 1.82) is 0 Å². The summed E-state index contributed by atoms with van der Waals surface area (Å²) in [5.41, 5.74) is 1.04. The number of anilines is 1. The highest BCUT2D eigenvalue weighted by atomic mass is 32.2. The molecule has 5 nitrogen and oxygen atoms in total. The number of nitrogens with one attached hydrogen (secondary N) is 1. The number of hydrogen-bond donors (Lipinski definition) is 1. The molecule has 0 radical (unpaired) electrons. The lowest BCUT2D eigenvalue weighted by molar-refractivity contribution is 0.0932. The zero-order valence-electron chi connectivity index (χ0n) is 12.9. The topological polar surface area (TPSA) is 58.6 Å². The minimum Gasteiger partial charge on any atom is -0.377 e. The van der Waals surface area contributed by atoms with Crippen molar-refractivity contribution in [2.75, 3.05) is 37.5 Å². The Bertz CT molecular complexity index is 555. The van der Waals surface area contributed by atoms with Crippen LogP contribution in [0.5, 0.6) is 0 Å². The van der Waals surface area contributed by atoms with E-state index in [-0.39, 0.29) is 6.04 Å². The Labute approximate surface area is 127 Å². The summed E-state index contributed by atoms with van der Waals surface area (Å²) in [7, 11) is -3.14. The Morgan fingerprint density at radius 2 is 2.00 bits per heavy atom. The first-order valence-corrected chi connectivity index (χ1v) is 9.15. The molecule has 1 saturated heterocycles. The highest BCUT2D eigenvalue weighted by molar-refractivity contribution is 7.90. The quantitative estimate of drug-likeness (QED) is 0.888. The Morgan fingerprint density at radius 1 is 1.33 bits per heavy atom. The summed E-state index contributed by atoms with van der Waals surface area (Å²) in [5, 5.41) is 3.43. The van der Waals surface area contributed by atoms with Crippen molar-refractivity contribution >= 4 is 15.5 Å². The molecule has 21 heavy (non-hydrogen) atoms. The third-order valence-electron chi connectivity index (χ3n) is 3.59. The number of nitrogens with zero attached hydrogens (tertiary/aromatic N) is 1. The summed E-state index contributed by atoms with van der Waals surface area (Å²) in [6.45, 7) is 7.30. The molecule has 0 bridgehead atoms. The monoisotopic (exact) mass is 312 g/mol. The van der Waals surface area contributed by atoms with Crippen molar-refractivity contribution in [2.45, 2.75) is 30.8 Å². The molecule has 1 aromatic rings. The lowest BCUT2D eigenvalue weighted by atomic mass is 10.1.